The van der Waals surface area contributed by atoms with E-state index in [9.17, 15) is 9.18 Å². The van der Waals surface area contributed by atoms with Crippen molar-refractivity contribution in [2.75, 3.05) is 18.5 Å². The number of rotatable bonds is 3. The van der Waals surface area contributed by atoms with Crippen molar-refractivity contribution in [3.63, 3.8) is 0 Å². The first-order valence-corrected chi connectivity index (χ1v) is 6.36. The highest BCUT2D eigenvalue weighted by Crippen LogP contribution is 2.33. The van der Waals surface area contributed by atoms with E-state index < -0.39 is 0 Å². The van der Waals surface area contributed by atoms with Gasteiger partial charge in [0, 0.05) is 18.7 Å². The fourth-order valence-corrected chi connectivity index (χ4v) is 2.68. The molecule has 1 aromatic rings. The van der Waals surface area contributed by atoms with Crippen LogP contribution in [0.25, 0.3) is 0 Å². The zero-order chi connectivity index (χ0) is 13.1. The number of hydrogen-bond acceptors (Lipinski definition) is 2. The summed E-state index contributed by atoms with van der Waals surface area (Å²) in [7, 11) is 1.74. The molecule has 1 saturated carbocycles. The van der Waals surface area contributed by atoms with Crippen molar-refractivity contribution in [3.8, 4) is 0 Å². The normalized spacial score (nSPS) is 23.1. The monoisotopic (exact) mass is 250 g/mol. The molecule has 0 heterocycles. The Morgan fingerprint density at radius 2 is 2.06 bits per heavy atom. The number of anilines is 1. The zero-order valence-corrected chi connectivity index (χ0v) is 10.6. The second kappa shape index (κ2) is 5.48. The van der Waals surface area contributed by atoms with Crippen molar-refractivity contribution in [3.05, 3.63) is 30.1 Å². The molecule has 0 bridgehead atoms. The van der Waals surface area contributed by atoms with E-state index in [2.05, 4.69) is 0 Å². The van der Waals surface area contributed by atoms with Crippen LogP contribution in [0.1, 0.15) is 19.3 Å². The molecule has 0 aromatic heterocycles. The SMILES string of the molecule is CN(C(=O)[C@@H]1CCC[C@@H]1CN)c1ccc(F)cc1. The van der Waals surface area contributed by atoms with Gasteiger partial charge in [-0.2, -0.15) is 0 Å². The molecule has 1 fully saturated rings. The van der Waals surface area contributed by atoms with E-state index >= 15 is 0 Å². The van der Waals surface area contributed by atoms with Crippen molar-refractivity contribution < 1.29 is 9.18 Å². The van der Waals surface area contributed by atoms with Gasteiger partial charge in [0.25, 0.3) is 0 Å². The van der Waals surface area contributed by atoms with Gasteiger partial charge in [0.1, 0.15) is 5.82 Å². The highest BCUT2D eigenvalue weighted by atomic mass is 19.1. The molecule has 0 saturated heterocycles. The molecule has 0 unspecified atom stereocenters. The van der Waals surface area contributed by atoms with Crippen molar-refractivity contribution in [2.45, 2.75) is 19.3 Å². The molecule has 18 heavy (non-hydrogen) atoms. The van der Waals surface area contributed by atoms with Crippen LogP contribution in [-0.2, 0) is 4.79 Å². The molecule has 1 aromatic carbocycles. The second-order valence-electron chi connectivity index (χ2n) is 4.91. The number of amides is 1. The highest BCUT2D eigenvalue weighted by Gasteiger charge is 2.33. The summed E-state index contributed by atoms with van der Waals surface area (Å²) in [6.45, 7) is 0.563. The van der Waals surface area contributed by atoms with Gasteiger partial charge in [-0.15, -0.1) is 0 Å². The maximum Gasteiger partial charge on any atom is 0.230 e. The standard InChI is InChI=1S/C14H19FN2O/c1-17(12-7-5-11(15)6-8-12)14(18)13-4-2-3-10(13)9-16/h5-8,10,13H,2-4,9,16H2,1H3/t10-,13-/m1/s1. The van der Waals surface area contributed by atoms with E-state index in [0.717, 1.165) is 24.9 Å². The molecule has 98 valence electrons. The number of carbonyl (C=O) groups excluding carboxylic acids is 1. The van der Waals surface area contributed by atoms with Gasteiger partial charge in [-0.1, -0.05) is 6.42 Å². The Bertz CT molecular complexity index is 418. The molecular formula is C14H19FN2O. The fraction of sp³-hybridized carbons (Fsp3) is 0.500. The molecule has 2 atom stereocenters. The predicted molar refractivity (Wildman–Crippen MR) is 69.7 cm³/mol. The third kappa shape index (κ3) is 2.53. The van der Waals surface area contributed by atoms with Gasteiger partial charge >= 0.3 is 0 Å². The third-order valence-corrected chi connectivity index (χ3v) is 3.82. The summed E-state index contributed by atoms with van der Waals surface area (Å²) in [5, 5.41) is 0. The van der Waals surface area contributed by atoms with Crippen LogP contribution in [0, 0.1) is 17.7 Å². The number of nitrogens with two attached hydrogens (primary N) is 1. The maximum absolute atomic E-state index is 12.8. The second-order valence-corrected chi connectivity index (χ2v) is 4.91. The van der Waals surface area contributed by atoms with Crippen molar-refractivity contribution in [2.24, 2.45) is 17.6 Å². The van der Waals surface area contributed by atoms with Crippen LogP contribution in [0.2, 0.25) is 0 Å². The average molecular weight is 250 g/mol. The Morgan fingerprint density at radius 3 is 2.67 bits per heavy atom. The Kier molecular flexibility index (Phi) is 3.97. The minimum atomic E-state index is -0.291. The molecular weight excluding hydrogens is 231 g/mol. The summed E-state index contributed by atoms with van der Waals surface area (Å²) >= 11 is 0. The van der Waals surface area contributed by atoms with Crippen LogP contribution in [0.4, 0.5) is 10.1 Å². The molecule has 2 N–H and O–H groups in total. The van der Waals surface area contributed by atoms with Gasteiger partial charge in [0.05, 0.1) is 0 Å². The lowest BCUT2D eigenvalue weighted by Crippen LogP contribution is -2.36. The Balaban J connectivity index is 2.11. The number of nitrogens with zero attached hydrogens (tertiary/aromatic N) is 1. The number of carbonyl (C=O) groups is 1. The lowest BCUT2D eigenvalue weighted by Gasteiger charge is -2.24. The van der Waals surface area contributed by atoms with Crippen LogP contribution in [0.5, 0.6) is 0 Å². The number of hydrogen-bond donors (Lipinski definition) is 1. The van der Waals surface area contributed by atoms with E-state index in [0.29, 0.717) is 12.5 Å². The third-order valence-electron chi connectivity index (χ3n) is 3.82. The summed E-state index contributed by atoms with van der Waals surface area (Å²) in [6.07, 6.45) is 3.01. The first-order valence-electron chi connectivity index (χ1n) is 6.36. The maximum atomic E-state index is 12.8. The van der Waals surface area contributed by atoms with Crippen LogP contribution in [0.15, 0.2) is 24.3 Å². The van der Waals surface area contributed by atoms with Crippen molar-refractivity contribution in [1.29, 1.82) is 0 Å². The molecule has 1 aliphatic rings. The predicted octanol–water partition coefficient (Wildman–Crippen LogP) is 2.16. The minimum absolute atomic E-state index is 0.0186. The van der Waals surface area contributed by atoms with Gasteiger partial charge in [-0.3, -0.25) is 4.79 Å². The smallest absolute Gasteiger partial charge is 0.230 e. The van der Waals surface area contributed by atoms with E-state index in [-0.39, 0.29) is 17.6 Å². The molecule has 3 nitrogen and oxygen atoms in total. The van der Waals surface area contributed by atoms with E-state index in [1.54, 1.807) is 24.1 Å². The van der Waals surface area contributed by atoms with Gasteiger partial charge in [-0.05, 0) is 49.6 Å². The Labute approximate surface area is 107 Å². The summed E-state index contributed by atoms with van der Waals surface area (Å²) in [5.41, 5.74) is 6.43. The van der Waals surface area contributed by atoms with E-state index in [1.807, 2.05) is 0 Å². The zero-order valence-electron chi connectivity index (χ0n) is 10.6. The fourth-order valence-electron chi connectivity index (χ4n) is 2.68. The van der Waals surface area contributed by atoms with Crippen molar-refractivity contribution in [1.82, 2.24) is 0 Å². The molecule has 0 radical (unpaired) electrons. The number of benzene rings is 1. The van der Waals surface area contributed by atoms with Gasteiger partial charge < -0.3 is 10.6 Å². The topological polar surface area (TPSA) is 46.3 Å². The summed E-state index contributed by atoms with van der Waals surface area (Å²) < 4.78 is 12.8. The first-order chi connectivity index (χ1) is 8.63. The van der Waals surface area contributed by atoms with Crippen LogP contribution in [0.3, 0.4) is 0 Å². The summed E-state index contributed by atoms with van der Waals surface area (Å²) in [4.78, 5) is 14.0. The lowest BCUT2D eigenvalue weighted by atomic mass is 9.94. The largest absolute Gasteiger partial charge is 0.330 e. The van der Waals surface area contributed by atoms with Crippen LogP contribution in [-0.4, -0.2) is 19.5 Å². The Morgan fingerprint density at radius 1 is 1.39 bits per heavy atom. The average Bonchev–Trinajstić information content (AvgIpc) is 2.86. The number of halogens is 1. The summed E-state index contributed by atoms with van der Waals surface area (Å²) in [5.74, 6) is 0.111. The Hall–Kier alpha value is -1.42. The molecule has 0 aliphatic heterocycles. The van der Waals surface area contributed by atoms with Gasteiger partial charge in [0.2, 0.25) is 5.91 Å². The first kappa shape index (κ1) is 13.0. The quantitative estimate of drug-likeness (QED) is 0.893. The summed E-state index contributed by atoms with van der Waals surface area (Å²) in [6, 6.07) is 5.99. The van der Waals surface area contributed by atoms with Crippen LogP contribution >= 0.6 is 0 Å². The minimum Gasteiger partial charge on any atom is -0.330 e. The van der Waals surface area contributed by atoms with E-state index in [1.165, 1.54) is 12.1 Å². The van der Waals surface area contributed by atoms with E-state index in [4.69, 9.17) is 5.73 Å². The molecule has 2 rings (SSSR count). The van der Waals surface area contributed by atoms with Gasteiger partial charge in [0.15, 0.2) is 0 Å². The van der Waals surface area contributed by atoms with Crippen LogP contribution < -0.4 is 10.6 Å². The highest BCUT2D eigenvalue weighted by molar-refractivity contribution is 5.94. The lowest BCUT2D eigenvalue weighted by molar-refractivity contribution is -0.123. The molecule has 4 heteroatoms. The molecule has 1 amide bonds. The molecule has 1 aliphatic carbocycles. The van der Waals surface area contributed by atoms with Gasteiger partial charge in [-0.25, -0.2) is 4.39 Å². The molecule has 0 spiro atoms. The van der Waals surface area contributed by atoms with Crippen molar-refractivity contribution >= 4 is 11.6 Å².